The molecule has 9 nitrogen and oxygen atoms in total. The van der Waals surface area contributed by atoms with E-state index >= 15 is 0 Å². The largest absolute Gasteiger partial charge is 0.476 e. The third-order valence-electron chi connectivity index (χ3n) is 2.65. The number of nitro groups is 1. The van der Waals surface area contributed by atoms with Gasteiger partial charge < -0.3 is 19.9 Å². The molecule has 1 aromatic rings. The number of nitrogens with zero attached hydrogens (tertiary/aromatic N) is 3. The maximum absolute atomic E-state index is 11.0. The standard InChI is InChI=1S/C11H18N4O5/c1-11(16,4-5-19-2)6-12-9-8(15(17)18)10(20-3)14-7-13-9/h7,16H,4-6H2,1-3H3,(H,12,13,14). The molecule has 0 radical (unpaired) electrons. The highest BCUT2D eigenvalue weighted by Crippen LogP contribution is 2.30. The van der Waals surface area contributed by atoms with E-state index in [4.69, 9.17) is 9.47 Å². The number of nitrogens with one attached hydrogen (secondary N) is 1. The van der Waals surface area contributed by atoms with Gasteiger partial charge >= 0.3 is 5.69 Å². The van der Waals surface area contributed by atoms with Crippen LogP contribution in [-0.4, -0.2) is 53.0 Å². The van der Waals surface area contributed by atoms with Crippen LogP contribution < -0.4 is 10.1 Å². The first-order chi connectivity index (χ1) is 9.41. The first-order valence-corrected chi connectivity index (χ1v) is 5.90. The van der Waals surface area contributed by atoms with Crippen LogP contribution >= 0.6 is 0 Å². The van der Waals surface area contributed by atoms with E-state index in [1.165, 1.54) is 14.2 Å². The number of aliphatic hydroxyl groups is 1. The van der Waals surface area contributed by atoms with Gasteiger partial charge in [0.25, 0.3) is 5.88 Å². The van der Waals surface area contributed by atoms with Gasteiger partial charge in [0, 0.05) is 26.7 Å². The highest BCUT2D eigenvalue weighted by molar-refractivity contribution is 5.61. The van der Waals surface area contributed by atoms with E-state index in [1.807, 2.05) is 0 Å². The average molecular weight is 286 g/mol. The van der Waals surface area contributed by atoms with E-state index in [1.54, 1.807) is 6.92 Å². The zero-order chi connectivity index (χ0) is 15.2. The predicted octanol–water partition coefficient (Wildman–Crippen LogP) is 0.593. The summed E-state index contributed by atoms with van der Waals surface area (Å²) < 4.78 is 9.72. The Bertz CT molecular complexity index is 466. The van der Waals surface area contributed by atoms with Gasteiger partial charge in [-0.15, -0.1) is 0 Å². The molecule has 1 aromatic heterocycles. The Morgan fingerprint density at radius 3 is 2.75 bits per heavy atom. The predicted molar refractivity (Wildman–Crippen MR) is 70.8 cm³/mol. The molecule has 0 spiro atoms. The number of ether oxygens (including phenoxy) is 2. The molecule has 1 unspecified atom stereocenters. The third kappa shape index (κ3) is 4.28. The van der Waals surface area contributed by atoms with Gasteiger partial charge in [0.2, 0.25) is 5.82 Å². The third-order valence-corrected chi connectivity index (χ3v) is 2.65. The molecule has 1 rings (SSSR count). The summed E-state index contributed by atoms with van der Waals surface area (Å²) in [5, 5.41) is 23.8. The van der Waals surface area contributed by atoms with Crippen LogP contribution in [0.3, 0.4) is 0 Å². The molecule has 0 amide bonds. The summed E-state index contributed by atoms with van der Waals surface area (Å²) in [5.74, 6) is -0.136. The van der Waals surface area contributed by atoms with Crippen LogP contribution in [0.5, 0.6) is 5.88 Å². The highest BCUT2D eigenvalue weighted by atomic mass is 16.6. The minimum absolute atomic E-state index is 0.000424. The van der Waals surface area contributed by atoms with Crippen LogP contribution in [0, 0.1) is 10.1 Å². The second-order valence-electron chi connectivity index (χ2n) is 4.43. The van der Waals surface area contributed by atoms with Crippen molar-refractivity contribution < 1.29 is 19.5 Å². The zero-order valence-corrected chi connectivity index (χ0v) is 11.6. The average Bonchev–Trinajstić information content (AvgIpc) is 2.42. The molecule has 0 aliphatic carbocycles. The number of methoxy groups -OCH3 is 2. The molecular weight excluding hydrogens is 268 g/mol. The Kier molecular flexibility index (Phi) is 5.59. The Morgan fingerprint density at radius 2 is 2.20 bits per heavy atom. The topological polar surface area (TPSA) is 120 Å². The molecule has 2 N–H and O–H groups in total. The van der Waals surface area contributed by atoms with Crippen molar-refractivity contribution in [3.8, 4) is 5.88 Å². The Hall–Kier alpha value is -2.00. The molecule has 0 aliphatic rings. The number of anilines is 1. The van der Waals surface area contributed by atoms with Crippen molar-refractivity contribution >= 4 is 11.5 Å². The number of hydrogen-bond donors (Lipinski definition) is 2. The van der Waals surface area contributed by atoms with Crippen LogP contribution in [0.1, 0.15) is 13.3 Å². The number of hydrogen-bond acceptors (Lipinski definition) is 8. The van der Waals surface area contributed by atoms with Gasteiger partial charge in [-0.05, 0) is 6.92 Å². The van der Waals surface area contributed by atoms with E-state index < -0.39 is 10.5 Å². The quantitative estimate of drug-likeness (QED) is 0.526. The first-order valence-electron chi connectivity index (χ1n) is 5.90. The van der Waals surface area contributed by atoms with Gasteiger partial charge in [-0.3, -0.25) is 10.1 Å². The summed E-state index contributed by atoms with van der Waals surface area (Å²) >= 11 is 0. The van der Waals surface area contributed by atoms with E-state index in [-0.39, 0.29) is 23.9 Å². The van der Waals surface area contributed by atoms with Gasteiger partial charge in [-0.2, -0.15) is 4.98 Å². The summed E-state index contributed by atoms with van der Waals surface area (Å²) in [5.41, 5.74) is -1.44. The fraction of sp³-hybridized carbons (Fsp3) is 0.636. The lowest BCUT2D eigenvalue weighted by atomic mass is 10.0. The van der Waals surface area contributed by atoms with E-state index in [2.05, 4.69) is 15.3 Å². The minimum Gasteiger partial charge on any atom is -0.476 e. The second-order valence-corrected chi connectivity index (χ2v) is 4.43. The van der Waals surface area contributed by atoms with Crippen molar-refractivity contribution in [2.24, 2.45) is 0 Å². The molecule has 0 saturated carbocycles. The van der Waals surface area contributed by atoms with Crippen molar-refractivity contribution in [2.45, 2.75) is 18.9 Å². The van der Waals surface area contributed by atoms with Gasteiger partial charge in [-0.1, -0.05) is 0 Å². The van der Waals surface area contributed by atoms with Crippen molar-refractivity contribution in [2.75, 3.05) is 32.7 Å². The Morgan fingerprint density at radius 1 is 1.50 bits per heavy atom. The first kappa shape index (κ1) is 16.1. The summed E-state index contributed by atoms with van der Waals surface area (Å²) in [6.07, 6.45) is 1.53. The molecular formula is C11H18N4O5. The minimum atomic E-state index is -1.08. The van der Waals surface area contributed by atoms with Gasteiger partial charge in [0.15, 0.2) is 0 Å². The maximum atomic E-state index is 11.0. The molecule has 0 aromatic carbocycles. The molecule has 0 bridgehead atoms. The Balaban J connectivity index is 2.85. The van der Waals surface area contributed by atoms with Crippen molar-refractivity contribution in [3.63, 3.8) is 0 Å². The molecule has 1 heterocycles. The summed E-state index contributed by atoms with van der Waals surface area (Å²) in [6, 6.07) is 0. The lowest BCUT2D eigenvalue weighted by Gasteiger charge is -2.23. The monoisotopic (exact) mass is 286 g/mol. The SMILES string of the molecule is COCCC(C)(O)CNc1ncnc(OC)c1[N+](=O)[O-]. The molecule has 0 saturated heterocycles. The fourth-order valence-corrected chi connectivity index (χ4v) is 1.49. The van der Waals surface area contributed by atoms with E-state index in [0.29, 0.717) is 13.0 Å². The van der Waals surface area contributed by atoms with Gasteiger partial charge in [0.05, 0.1) is 17.6 Å². The highest BCUT2D eigenvalue weighted by Gasteiger charge is 2.26. The lowest BCUT2D eigenvalue weighted by Crippen LogP contribution is -2.35. The smallest absolute Gasteiger partial charge is 0.372 e. The van der Waals surface area contributed by atoms with Crippen LogP contribution in [0.25, 0.3) is 0 Å². The summed E-state index contributed by atoms with van der Waals surface area (Å²) in [7, 11) is 2.82. The van der Waals surface area contributed by atoms with Gasteiger partial charge in [-0.25, -0.2) is 4.98 Å². The summed E-state index contributed by atoms with van der Waals surface area (Å²) in [4.78, 5) is 17.9. The van der Waals surface area contributed by atoms with Crippen LogP contribution in [-0.2, 0) is 4.74 Å². The zero-order valence-electron chi connectivity index (χ0n) is 11.6. The Labute approximate surface area is 116 Å². The molecule has 9 heteroatoms. The van der Waals surface area contributed by atoms with Crippen molar-refractivity contribution in [3.05, 3.63) is 16.4 Å². The van der Waals surface area contributed by atoms with Crippen LogP contribution in [0.4, 0.5) is 11.5 Å². The van der Waals surface area contributed by atoms with Crippen molar-refractivity contribution in [1.82, 2.24) is 9.97 Å². The van der Waals surface area contributed by atoms with Crippen LogP contribution in [0.2, 0.25) is 0 Å². The van der Waals surface area contributed by atoms with Crippen LogP contribution in [0.15, 0.2) is 6.33 Å². The lowest BCUT2D eigenvalue weighted by molar-refractivity contribution is -0.385. The molecule has 1 atom stereocenters. The second kappa shape index (κ2) is 6.96. The number of rotatable bonds is 8. The summed E-state index contributed by atoms with van der Waals surface area (Å²) in [6.45, 7) is 2.06. The normalized spacial score (nSPS) is 13.6. The van der Waals surface area contributed by atoms with E-state index in [9.17, 15) is 15.2 Å². The molecule has 112 valence electrons. The van der Waals surface area contributed by atoms with Gasteiger partial charge in [0.1, 0.15) is 6.33 Å². The molecule has 0 fully saturated rings. The van der Waals surface area contributed by atoms with Crippen molar-refractivity contribution in [1.29, 1.82) is 0 Å². The molecule has 0 aliphatic heterocycles. The molecule has 20 heavy (non-hydrogen) atoms. The van der Waals surface area contributed by atoms with E-state index in [0.717, 1.165) is 6.33 Å². The fourth-order valence-electron chi connectivity index (χ4n) is 1.49. The number of aromatic nitrogens is 2. The maximum Gasteiger partial charge on any atom is 0.372 e.